The van der Waals surface area contributed by atoms with Gasteiger partial charge in [0, 0.05) is 36.6 Å². The molecule has 0 saturated carbocycles. The Balaban J connectivity index is 1.49. The number of carbonyl (C=O) groups excluding carboxylic acids is 1. The van der Waals surface area contributed by atoms with Crippen molar-refractivity contribution in [1.82, 2.24) is 19.9 Å². The van der Waals surface area contributed by atoms with Gasteiger partial charge >= 0.3 is 0 Å². The third-order valence-electron chi connectivity index (χ3n) is 3.56. The molecule has 0 spiro atoms. The molecule has 6 nitrogen and oxygen atoms in total. The second-order valence-corrected chi connectivity index (χ2v) is 6.25. The molecule has 2 N–H and O–H groups in total. The van der Waals surface area contributed by atoms with Crippen LogP contribution in [-0.2, 0) is 6.54 Å². The molecule has 7 heteroatoms. The molecule has 0 aliphatic carbocycles. The van der Waals surface area contributed by atoms with E-state index in [0.29, 0.717) is 17.4 Å². The summed E-state index contributed by atoms with van der Waals surface area (Å²) >= 11 is 1.42. The van der Waals surface area contributed by atoms with Crippen LogP contribution < -0.4 is 10.6 Å². The highest BCUT2D eigenvalue weighted by Gasteiger charge is 2.10. The predicted octanol–water partition coefficient (Wildman–Crippen LogP) is 3.21. The first-order valence-corrected chi connectivity index (χ1v) is 8.62. The third kappa shape index (κ3) is 4.20. The summed E-state index contributed by atoms with van der Waals surface area (Å²) in [5.41, 5.74) is 2.58. The Kier molecular flexibility index (Phi) is 5.22. The number of thiazole rings is 1. The van der Waals surface area contributed by atoms with Crippen molar-refractivity contribution in [2.24, 2.45) is 0 Å². The fourth-order valence-electron chi connectivity index (χ4n) is 2.24. The lowest BCUT2D eigenvalue weighted by Crippen LogP contribution is -2.25. The summed E-state index contributed by atoms with van der Waals surface area (Å²) in [5, 5.41) is 8.63. The number of anilines is 2. The number of carbonyl (C=O) groups is 1. The molecule has 2 aromatic heterocycles. The number of hydrogen-bond acceptors (Lipinski definition) is 5. The van der Waals surface area contributed by atoms with Crippen molar-refractivity contribution in [2.45, 2.75) is 19.9 Å². The van der Waals surface area contributed by atoms with E-state index < -0.39 is 0 Å². The first kappa shape index (κ1) is 16.2. The minimum Gasteiger partial charge on any atom is -0.351 e. The number of benzene rings is 1. The van der Waals surface area contributed by atoms with Crippen LogP contribution >= 0.6 is 11.3 Å². The summed E-state index contributed by atoms with van der Waals surface area (Å²) in [5.74, 6) is -0.144. The van der Waals surface area contributed by atoms with E-state index in [9.17, 15) is 4.79 Å². The largest absolute Gasteiger partial charge is 0.351 e. The Hall–Kier alpha value is -2.67. The Morgan fingerprint density at radius 3 is 3.00 bits per heavy atom. The maximum absolute atomic E-state index is 12.1. The van der Waals surface area contributed by atoms with E-state index in [0.717, 1.165) is 24.2 Å². The zero-order valence-corrected chi connectivity index (χ0v) is 14.2. The van der Waals surface area contributed by atoms with Crippen LogP contribution in [0, 0.1) is 6.92 Å². The first-order valence-electron chi connectivity index (χ1n) is 7.74. The number of aryl methyl sites for hydroxylation is 2. The highest BCUT2D eigenvalue weighted by atomic mass is 32.1. The summed E-state index contributed by atoms with van der Waals surface area (Å²) in [6.45, 7) is 3.47. The van der Waals surface area contributed by atoms with E-state index in [-0.39, 0.29) is 5.91 Å². The molecule has 0 aliphatic rings. The molecule has 0 aliphatic heterocycles. The van der Waals surface area contributed by atoms with Gasteiger partial charge in [-0.3, -0.25) is 4.79 Å². The summed E-state index contributed by atoms with van der Waals surface area (Å²) < 4.78 is 1.99. The quantitative estimate of drug-likeness (QED) is 0.647. The lowest BCUT2D eigenvalue weighted by molar-refractivity contribution is 0.0948. The van der Waals surface area contributed by atoms with Crippen LogP contribution in [0.3, 0.4) is 0 Å². The van der Waals surface area contributed by atoms with Crippen LogP contribution in [0.2, 0.25) is 0 Å². The van der Waals surface area contributed by atoms with Crippen molar-refractivity contribution < 1.29 is 4.79 Å². The summed E-state index contributed by atoms with van der Waals surface area (Å²) in [6.07, 6.45) is 6.27. The monoisotopic (exact) mass is 341 g/mol. The number of aromatic nitrogens is 3. The summed E-state index contributed by atoms with van der Waals surface area (Å²) in [4.78, 5) is 20.5. The number of amides is 1. The van der Waals surface area contributed by atoms with Gasteiger partial charge in [-0.25, -0.2) is 9.97 Å². The van der Waals surface area contributed by atoms with Gasteiger partial charge in [0.2, 0.25) is 0 Å². The van der Waals surface area contributed by atoms with E-state index in [1.54, 1.807) is 17.9 Å². The smallest absolute Gasteiger partial charge is 0.270 e. The average Bonchev–Trinajstić information content (AvgIpc) is 3.25. The van der Waals surface area contributed by atoms with Gasteiger partial charge < -0.3 is 15.2 Å². The molecular weight excluding hydrogens is 322 g/mol. The van der Waals surface area contributed by atoms with Crippen LogP contribution in [-0.4, -0.2) is 27.0 Å². The molecule has 124 valence electrons. The third-order valence-corrected chi connectivity index (χ3v) is 4.32. The van der Waals surface area contributed by atoms with Crippen molar-refractivity contribution >= 4 is 28.1 Å². The second-order valence-electron chi connectivity index (χ2n) is 5.39. The van der Waals surface area contributed by atoms with E-state index >= 15 is 0 Å². The van der Waals surface area contributed by atoms with E-state index in [1.807, 2.05) is 42.0 Å². The molecule has 1 amide bonds. The zero-order valence-electron chi connectivity index (χ0n) is 13.4. The topological polar surface area (TPSA) is 71.8 Å². The van der Waals surface area contributed by atoms with Gasteiger partial charge in [0.25, 0.3) is 5.91 Å². The zero-order chi connectivity index (χ0) is 16.8. The number of rotatable bonds is 7. The molecule has 3 aromatic rings. The number of hydrogen-bond donors (Lipinski definition) is 2. The van der Waals surface area contributed by atoms with Gasteiger partial charge in [-0.05, 0) is 25.0 Å². The molecule has 1 aromatic carbocycles. The number of nitrogens with one attached hydrogen (secondary N) is 2. The summed E-state index contributed by atoms with van der Waals surface area (Å²) in [6, 6.07) is 7.98. The fraction of sp³-hybridized carbons (Fsp3) is 0.235. The fourth-order valence-corrected chi connectivity index (χ4v) is 2.94. The van der Waals surface area contributed by atoms with Gasteiger partial charge in [0.15, 0.2) is 5.13 Å². The van der Waals surface area contributed by atoms with Crippen molar-refractivity contribution in [1.29, 1.82) is 0 Å². The molecular formula is C17H19N5OS. The van der Waals surface area contributed by atoms with Gasteiger partial charge in [-0.15, -0.1) is 11.3 Å². The lowest BCUT2D eigenvalue weighted by atomic mass is 10.2. The normalized spacial score (nSPS) is 10.5. The van der Waals surface area contributed by atoms with Crippen LogP contribution in [0.15, 0.2) is 48.4 Å². The van der Waals surface area contributed by atoms with Crippen molar-refractivity contribution in [2.75, 3.05) is 11.9 Å². The highest BCUT2D eigenvalue weighted by Crippen LogP contribution is 2.23. The number of para-hydroxylation sites is 1. The van der Waals surface area contributed by atoms with Gasteiger partial charge in [-0.1, -0.05) is 18.2 Å². The average molecular weight is 341 g/mol. The van der Waals surface area contributed by atoms with Crippen molar-refractivity contribution in [3.05, 3.63) is 59.6 Å². The van der Waals surface area contributed by atoms with Crippen molar-refractivity contribution in [3.8, 4) is 0 Å². The molecule has 0 saturated heterocycles. The van der Waals surface area contributed by atoms with Crippen LogP contribution in [0.25, 0.3) is 0 Å². The van der Waals surface area contributed by atoms with Crippen LogP contribution in [0.5, 0.6) is 0 Å². The molecule has 0 bridgehead atoms. The van der Waals surface area contributed by atoms with Crippen LogP contribution in [0.4, 0.5) is 10.8 Å². The molecule has 0 radical (unpaired) electrons. The minimum absolute atomic E-state index is 0.144. The van der Waals surface area contributed by atoms with E-state index in [4.69, 9.17) is 0 Å². The minimum atomic E-state index is -0.144. The molecule has 0 fully saturated rings. The Morgan fingerprint density at radius 1 is 1.33 bits per heavy atom. The lowest BCUT2D eigenvalue weighted by Gasteiger charge is -2.06. The van der Waals surface area contributed by atoms with Gasteiger partial charge in [0.1, 0.15) is 5.69 Å². The molecule has 0 unspecified atom stereocenters. The molecule has 2 heterocycles. The van der Waals surface area contributed by atoms with E-state index in [1.165, 1.54) is 11.3 Å². The van der Waals surface area contributed by atoms with E-state index in [2.05, 4.69) is 20.6 Å². The number of nitrogens with zero attached hydrogens (tertiary/aromatic N) is 3. The molecule has 3 rings (SSSR count). The maximum atomic E-state index is 12.1. The van der Waals surface area contributed by atoms with Crippen LogP contribution in [0.1, 0.15) is 22.5 Å². The predicted molar refractivity (Wildman–Crippen MR) is 95.8 cm³/mol. The molecule has 0 atom stereocenters. The molecule has 24 heavy (non-hydrogen) atoms. The van der Waals surface area contributed by atoms with Gasteiger partial charge in [-0.2, -0.15) is 0 Å². The Morgan fingerprint density at radius 2 is 2.21 bits per heavy atom. The Labute approximate surface area is 144 Å². The van der Waals surface area contributed by atoms with Crippen molar-refractivity contribution in [3.63, 3.8) is 0 Å². The Bertz CT molecular complexity index is 797. The SMILES string of the molecule is Cc1ccccc1Nc1nc(C(=O)NCCCn2ccnc2)cs1. The second kappa shape index (κ2) is 7.74. The van der Waals surface area contributed by atoms with Gasteiger partial charge in [0.05, 0.1) is 6.33 Å². The highest BCUT2D eigenvalue weighted by molar-refractivity contribution is 7.14. The summed E-state index contributed by atoms with van der Waals surface area (Å²) in [7, 11) is 0. The maximum Gasteiger partial charge on any atom is 0.270 e. The first-order chi connectivity index (χ1) is 11.7. The standard InChI is InChI=1S/C17H19N5OS/c1-13-5-2-3-6-14(13)20-17-21-15(11-24-17)16(23)19-7-4-9-22-10-8-18-12-22/h2-3,5-6,8,10-12H,4,7,9H2,1H3,(H,19,23)(H,20,21). The number of imidazole rings is 1.